The maximum Gasteiger partial charge on any atom is 0.135 e. The summed E-state index contributed by atoms with van der Waals surface area (Å²) in [6, 6.07) is 18.8. The molecule has 2 aromatic carbocycles. The standard InChI is InChI=1S/C17H16O/c1-12(2)13-7-5-8-14(10-13)17-11-15-6-3-4-9-16(15)18-17/h3-12H,1-2H3. The molecule has 18 heavy (non-hydrogen) atoms. The van der Waals surface area contributed by atoms with Gasteiger partial charge >= 0.3 is 0 Å². The summed E-state index contributed by atoms with van der Waals surface area (Å²) in [5.74, 6) is 1.48. The Morgan fingerprint density at radius 2 is 1.72 bits per heavy atom. The summed E-state index contributed by atoms with van der Waals surface area (Å²) in [6.07, 6.45) is 0. The molecule has 1 aromatic heterocycles. The monoisotopic (exact) mass is 236 g/mol. The fraction of sp³-hybridized carbons (Fsp3) is 0.176. The van der Waals surface area contributed by atoms with Gasteiger partial charge in [-0.25, -0.2) is 0 Å². The normalized spacial score (nSPS) is 11.3. The number of para-hydroxylation sites is 1. The van der Waals surface area contributed by atoms with E-state index in [0.717, 1.165) is 22.3 Å². The lowest BCUT2D eigenvalue weighted by Gasteiger charge is -2.06. The molecule has 1 heterocycles. The molecule has 0 aliphatic rings. The quantitative estimate of drug-likeness (QED) is 0.594. The van der Waals surface area contributed by atoms with E-state index in [1.54, 1.807) is 0 Å². The Morgan fingerprint density at radius 1 is 0.889 bits per heavy atom. The molecule has 0 saturated carbocycles. The van der Waals surface area contributed by atoms with Crippen LogP contribution in [0.25, 0.3) is 22.3 Å². The molecule has 0 fully saturated rings. The number of fused-ring (bicyclic) bond motifs is 1. The van der Waals surface area contributed by atoms with Gasteiger partial charge < -0.3 is 4.42 Å². The van der Waals surface area contributed by atoms with Crippen LogP contribution in [0.15, 0.2) is 59.0 Å². The van der Waals surface area contributed by atoms with Crippen LogP contribution in [0.2, 0.25) is 0 Å². The maximum absolute atomic E-state index is 5.89. The van der Waals surface area contributed by atoms with E-state index in [4.69, 9.17) is 4.42 Å². The van der Waals surface area contributed by atoms with Gasteiger partial charge in [0.15, 0.2) is 0 Å². The lowest BCUT2D eigenvalue weighted by Crippen LogP contribution is -1.86. The molecular formula is C17H16O. The Labute approximate surface area is 107 Å². The summed E-state index contributed by atoms with van der Waals surface area (Å²) < 4.78 is 5.89. The van der Waals surface area contributed by atoms with E-state index in [1.165, 1.54) is 5.56 Å². The number of hydrogen-bond acceptors (Lipinski definition) is 1. The van der Waals surface area contributed by atoms with Crippen LogP contribution in [0.1, 0.15) is 25.3 Å². The molecule has 0 saturated heterocycles. The van der Waals surface area contributed by atoms with Crippen molar-refractivity contribution in [1.82, 2.24) is 0 Å². The first-order chi connectivity index (χ1) is 8.74. The van der Waals surface area contributed by atoms with E-state index < -0.39 is 0 Å². The third kappa shape index (κ3) is 1.92. The van der Waals surface area contributed by atoms with Crippen LogP contribution >= 0.6 is 0 Å². The lowest BCUT2D eigenvalue weighted by molar-refractivity contribution is 0.631. The molecule has 3 rings (SSSR count). The number of benzene rings is 2. The SMILES string of the molecule is CC(C)c1cccc(-c2cc3ccccc3o2)c1. The zero-order valence-corrected chi connectivity index (χ0v) is 10.7. The lowest BCUT2D eigenvalue weighted by atomic mass is 10.00. The van der Waals surface area contributed by atoms with Gasteiger partial charge in [0.05, 0.1) is 0 Å². The first kappa shape index (κ1) is 11.1. The fourth-order valence-electron chi connectivity index (χ4n) is 2.18. The first-order valence-corrected chi connectivity index (χ1v) is 6.33. The van der Waals surface area contributed by atoms with Crippen molar-refractivity contribution in [2.45, 2.75) is 19.8 Å². The van der Waals surface area contributed by atoms with Crippen LogP contribution in [0.4, 0.5) is 0 Å². The van der Waals surface area contributed by atoms with E-state index in [0.29, 0.717) is 5.92 Å². The summed E-state index contributed by atoms with van der Waals surface area (Å²) in [5, 5.41) is 1.16. The van der Waals surface area contributed by atoms with E-state index in [1.807, 2.05) is 18.2 Å². The Bertz CT molecular complexity index is 644. The predicted octanol–water partition coefficient (Wildman–Crippen LogP) is 5.22. The van der Waals surface area contributed by atoms with Crippen LogP contribution in [-0.2, 0) is 0 Å². The van der Waals surface area contributed by atoms with Gasteiger partial charge in [-0.1, -0.05) is 50.2 Å². The minimum atomic E-state index is 0.536. The highest BCUT2D eigenvalue weighted by atomic mass is 16.3. The second kappa shape index (κ2) is 4.34. The van der Waals surface area contributed by atoms with Crippen LogP contribution < -0.4 is 0 Å². The Balaban J connectivity index is 2.11. The molecule has 0 unspecified atom stereocenters. The van der Waals surface area contributed by atoms with Crippen molar-refractivity contribution in [2.24, 2.45) is 0 Å². The highest BCUT2D eigenvalue weighted by molar-refractivity contribution is 5.82. The van der Waals surface area contributed by atoms with Gasteiger partial charge in [0.2, 0.25) is 0 Å². The summed E-state index contributed by atoms with van der Waals surface area (Å²) in [6.45, 7) is 4.41. The zero-order valence-electron chi connectivity index (χ0n) is 10.7. The minimum Gasteiger partial charge on any atom is -0.456 e. The third-order valence-corrected chi connectivity index (χ3v) is 3.26. The van der Waals surface area contributed by atoms with Crippen molar-refractivity contribution < 1.29 is 4.42 Å². The van der Waals surface area contributed by atoms with Gasteiger partial charge in [0.1, 0.15) is 11.3 Å². The van der Waals surface area contributed by atoms with Gasteiger partial charge in [-0.3, -0.25) is 0 Å². The molecular weight excluding hydrogens is 220 g/mol. The number of hydrogen-bond donors (Lipinski definition) is 0. The van der Waals surface area contributed by atoms with E-state index in [-0.39, 0.29) is 0 Å². The Hall–Kier alpha value is -2.02. The minimum absolute atomic E-state index is 0.536. The molecule has 1 heteroatoms. The van der Waals surface area contributed by atoms with Crippen molar-refractivity contribution in [3.05, 3.63) is 60.2 Å². The molecule has 0 bridgehead atoms. The predicted molar refractivity (Wildman–Crippen MR) is 75.7 cm³/mol. The van der Waals surface area contributed by atoms with Gasteiger partial charge in [-0.15, -0.1) is 0 Å². The van der Waals surface area contributed by atoms with Crippen molar-refractivity contribution in [3.8, 4) is 11.3 Å². The van der Waals surface area contributed by atoms with Crippen molar-refractivity contribution in [2.75, 3.05) is 0 Å². The molecule has 0 aliphatic heterocycles. The molecule has 0 N–H and O–H groups in total. The van der Waals surface area contributed by atoms with Gasteiger partial charge in [0.25, 0.3) is 0 Å². The fourth-order valence-corrected chi connectivity index (χ4v) is 2.18. The Morgan fingerprint density at radius 3 is 2.50 bits per heavy atom. The van der Waals surface area contributed by atoms with Crippen LogP contribution in [0.3, 0.4) is 0 Å². The largest absolute Gasteiger partial charge is 0.456 e. The van der Waals surface area contributed by atoms with Gasteiger partial charge in [-0.2, -0.15) is 0 Å². The zero-order chi connectivity index (χ0) is 12.5. The average molecular weight is 236 g/mol. The molecule has 0 atom stereocenters. The molecule has 90 valence electrons. The second-order valence-electron chi connectivity index (χ2n) is 4.93. The Kier molecular flexibility index (Phi) is 2.67. The summed E-state index contributed by atoms with van der Waals surface area (Å²) >= 11 is 0. The van der Waals surface area contributed by atoms with Crippen molar-refractivity contribution in [3.63, 3.8) is 0 Å². The van der Waals surface area contributed by atoms with Crippen molar-refractivity contribution >= 4 is 11.0 Å². The van der Waals surface area contributed by atoms with Crippen LogP contribution in [-0.4, -0.2) is 0 Å². The van der Waals surface area contributed by atoms with Crippen LogP contribution in [0.5, 0.6) is 0 Å². The highest BCUT2D eigenvalue weighted by Gasteiger charge is 2.07. The summed E-state index contributed by atoms with van der Waals surface area (Å²) in [4.78, 5) is 0. The maximum atomic E-state index is 5.89. The van der Waals surface area contributed by atoms with Crippen LogP contribution in [0, 0.1) is 0 Å². The average Bonchev–Trinajstić information content (AvgIpc) is 2.82. The molecule has 0 radical (unpaired) electrons. The molecule has 0 spiro atoms. The molecule has 0 amide bonds. The summed E-state index contributed by atoms with van der Waals surface area (Å²) in [7, 11) is 0. The van der Waals surface area contributed by atoms with E-state index in [2.05, 4.69) is 50.2 Å². The third-order valence-electron chi connectivity index (χ3n) is 3.26. The van der Waals surface area contributed by atoms with Gasteiger partial charge in [0, 0.05) is 10.9 Å². The van der Waals surface area contributed by atoms with E-state index >= 15 is 0 Å². The highest BCUT2D eigenvalue weighted by Crippen LogP contribution is 2.29. The number of furan rings is 1. The number of rotatable bonds is 2. The molecule has 0 aliphatic carbocycles. The summed E-state index contributed by atoms with van der Waals surface area (Å²) in [5.41, 5.74) is 3.44. The first-order valence-electron chi connectivity index (χ1n) is 6.33. The molecule has 1 nitrogen and oxygen atoms in total. The smallest absolute Gasteiger partial charge is 0.135 e. The topological polar surface area (TPSA) is 13.1 Å². The second-order valence-corrected chi connectivity index (χ2v) is 4.93. The van der Waals surface area contributed by atoms with Crippen molar-refractivity contribution in [1.29, 1.82) is 0 Å². The van der Waals surface area contributed by atoms with E-state index in [9.17, 15) is 0 Å². The molecule has 3 aromatic rings. The van der Waals surface area contributed by atoms with Gasteiger partial charge in [-0.05, 0) is 29.7 Å².